The number of ketones is 2. The van der Waals surface area contributed by atoms with Gasteiger partial charge >= 0.3 is 0 Å². The molecule has 0 radical (unpaired) electrons. The number of nitrogens with one attached hydrogen (secondary N) is 1. The summed E-state index contributed by atoms with van der Waals surface area (Å²) in [5, 5.41) is 3.58. The molecule has 7 rings (SSSR count). The van der Waals surface area contributed by atoms with Gasteiger partial charge in [-0.2, -0.15) is 0 Å². The molecule has 202 valence electrons. The second-order valence-corrected chi connectivity index (χ2v) is 11.6. The molecule has 1 fully saturated rings. The minimum Gasteiger partial charge on any atom is -0.352 e. The summed E-state index contributed by atoms with van der Waals surface area (Å²) in [5.41, 5.74) is 4.85. The maximum absolute atomic E-state index is 14.8. The molecule has 0 bridgehead atoms. The Morgan fingerprint density at radius 1 is 0.829 bits per heavy atom. The minimum absolute atomic E-state index is 0.229. The Labute approximate surface area is 243 Å². The highest BCUT2D eigenvalue weighted by Crippen LogP contribution is 2.58. The van der Waals surface area contributed by atoms with Crippen molar-refractivity contribution in [1.29, 1.82) is 0 Å². The molecule has 4 aromatic carbocycles. The molecule has 1 N–H and O–H groups in total. The molecule has 4 atom stereocenters. The topological polar surface area (TPSA) is 66.5 Å². The summed E-state index contributed by atoms with van der Waals surface area (Å²) >= 11 is 6.18. The van der Waals surface area contributed by atoms with Gasteiger partial charge in [-0.05, 0) is 67.4 Å². The number of Topliss-reactive ketones (excluding diaryl/α,β-unsaturated/α-hetero) is 2. The smallest absolute Gasteiger partial charge is 0.238 e. The lowest BCUT2D eigenvalue weighted by Gasteiger charge is -2.37. The van der Waals surface area contributed by atoms with Crippen LogP contribution in [0.25, 0.3) is 6.08 Å². The summed E-state index contributed by atoms with van der Waals surface area (Å²) < 4.78 is 0. The molecule has 1 saturated heterocycles. The van der Waals surface area contributed by atoms with Crippen molar-refractivity contribution < 1.29 is 14.4 Å². The standard InChI is InChI=1S/C35H27ClN2O3/c1-20-7-10-22(11-8-20)32(39)30-31(33(40)23-12-15-25(36)16-13-23)38-28-17-9-21(2)19-24(28)14-18-29(38)35(30)26-5-3-4-6-27(26)37-34(35)41/h3-19,29-31H,1-2H3,(H,37,41)/t29-,30-,31+,35+/m0/s1. The van der Waals surface area contributed by atoms with Crippen molar-refractivity contribution >= 4 is 46.5 Å². The molecule has 0 aromatic heterocycles. The fourth-order valence-corrected chi connectivity index (χ4v) is 7.11. The van der Waals surface area contributed by atoms with Crippen LogP contribution in [0, 0.1) is 19.8 Å². The van der Waals surface area contributed by atoms with E-state index < -0.39 is 23.4 Å². The highest BCUT2D eigenvalue weighted by molar-refractivity contribution is 6.30. The molecule has 0 saturated carbocycles. The number of anilines is 2. The van der Waals surface area contributed by atoms with Crippen LogP contribution < -0.4 is 10.2 Å². The molecule has 41 heavy (non-hydrogen) atoms. The van der Waals surface area contributed by atoms with E-state index in [1.54, 1.807) is 36.4 Å². The van der Waals surface area contributed by atoms with E-state index in [-0.39, 0.29) is 17.5 Å². The number of hydrogen-bond acceptors (Lipinski definition) is 4. The Morgan fingerprint density at radius 3 is 2.24 bits per heavy atom. The van der Waals surface area contributed by atoms with Crippen molar-refractivity contribution in [2.75, 3.05) is 10.2 Å². The van der Waals surface area contributed by atoms with Crippen LogP contribution in [-0.4, -0.2) is 29.6 Å². The lowest BCUT2D eigenvalue weighted by atomic mass is 9.64. The largest absolute Gasteiger partial charge is 0.352 e. The number of carbonyl (C=O) groups excluding carboxylic acids is 3. The SMILES string of the molecule is Cc1ccc(C(=O)[C@@H]2[C@H](C(=O)c3ccc(Cl)cc3)N3c4ccc(C)cc4C=C[C@H]3[C@@]23C(=O)Nc2ccccc23)cc1. The minimum atomic E-state index is -1.33. The number of nitrogens with zero attached hydrogens (tertiary/aromatic N) is 1. The van der Waals surface area contributed by atoms with Crippen molar-refractivity contribution in [3.05, 3.63) is 135 Å². The van der Waals surface area contributed by atoms with Gasteiger partial charge in [0.25, 0.3) is 0 Å². The summed E-state index contributed by atoms with van der Waals surface area (Å²) in [7, 11) is 0. The Kier molecular flexibility index (Phi) is 5.77. The van der Waals surface area contributed by atoms with Crippen LogP contribution in [0.2, 0.25) is 5.02 Å². The average Bonchev–Trinajstić information content (AvgIpc) is 3.45. The van der Waals surface area contributed by atoms with Gasteiger partial charge in [0.15, 0.2) is 11.6 Å². The van der Waals surface area contributed by atoms with Crippen LogP contribution in [0.1, 0.15) is 43.0 Å². The second-order valence-electron chi connectivity index (χ2n) is 11.2. The van der Waals surface area contributed by atoms with E-state index >= 15 is 0 Å². The molecule has 6 heteroatoms. The van der Waals surface area contributed by atoms with Crippen molar-refractivity contribution in [3.8, 4) is 0 Å². The predicted octanol–water partition coefficient (Wildman–Crippen LogP) is 6.81. The zero-order chi connectivity index (χ0) is 28.5. The first-order valence-corrected chi connectivity index (χ1v) is 14.1. The average molecular weight is 559 g/mol. The molecule has 4 aromatic rings. The summed E-state index contributed by atoms with van der Waals surface area (Å²) in [6, 6.07) is 26.2. The molecule has 1 spiro atoms. The fraction of sp³-hybridized carbons (Fsp3) is 0.171. The first-order valence-electron chi connectivity index (χ1n) is 13.7. The third kappa shape index (κ3) is 3.65. The summed E-state index contributed by atoms with van der Waals surface area (Å²) in [4.78, 5) is 45.8. The molecule has 3 aliphatic rings. The van der Waals surface area contributed by atoms with E-state index in [4.69, 9.17) is 11.6 Å². The molecular formula is C35H27ClN2O3. The predicted molar refractivity (Wildman–Crippen MR) is 162 cm³/mol. The Hall–Kier alpha value is -4.48. The van der Waals surface area contributed by atoms with E-state index in [0.717, 1.165) is 27.9 Å². The molecular weight excluding hydrogens is 532 g/mol. The van der Waals surface area contributed by atoms with Gasteiger partial charge in [-0.25, -0.2) is 0 Å². The number of amides is 1. The Balaban J connectivity index is 1.53. The van der Waals surface area contributed by atoms with E-state index in [9.17, 15) is 14.4 Å². The number of hydrogen-bond donors (Lipinski definition) is 1. The molecule has 1 amide bonds. The normalized spacial score (nSPS) is 23.6. The van der Waals surface area contributed by atoms with Gasteiger partial charge in [0.2, 0.25) is 5.91 Å². The third-order valence-electron chi connectivity index (χ3n) is 8.80. The van der Waals surface area contributed by atoms with Crippen molar-refractivity contribution in [2.45, 2.75) is 31.3 Å². The summed E-state index contributed by atoms with van der Waals surface area (Å²) in [6.45, 7) is 3.98. The number of para-hydroxylation sites is 1. The van der Waals surface area contributed by atoms with E-state index in [0.29, 0.717) is 21.8 Å². The second kappa shape index (κ2) is 9.28. The molecule has 0 unspecified atom stereocenters. The maximum atomic E-state index is 14.8. The summed E-state index contributed by atoms with van der Waals surface area (Å²) in [5.74, 6) is -1.74. The first kappa shape index (κ1) is 25.5. The van der Waals surface area contributed by atoms with Gasteiger partial charge in [-0.15, -0.1) is 0 Å². The molecule has 3 heterocycles. The van der Waals surface area contributed by atoms with Crippen LogP contribution in [0.3, 0.4) is 0 Å². The Bertz CT molecular complexity index is 1780. The monoisotopic (exact) mass is 558 g/mol. The van der Waals surface area contributed by atoms with Crippen LogP contribution in [0.15, 0.2) is 97.1 Å². The lowest BCUT2D eigenvalue weighted by Crippen LogP contribution is -2.51. The van der Waals surface area contributed by atoms with E-state index in [2.05, 4.69) is 11.4 Å². The zero-order valence-electron chi connectivity index (χ0n) is 22.6. The molecule has 3 aliphatic heterocycles. The number of fused-ring (bicyclic) bond motifs is 6. The number of aryl methyl sites for hydroxylation is 2. The molecule has 5 nitrogen and oxygen atoms in total. The zero-order valence-corrected chi connectivity index (χ0v) is 23.4. The van der Waals surface area contributed by atoms with Gasteiger partial charge in [0.1, 0.15) is 11.5 Å². The van der Waals surface area contributed by atoms with Gasteiger partial charge in [0, 0.05) is 27.5 Å². The summed E-state index contributed by atoms with van der Waals surface area (Å²) in [6.07, 6.45) is 4.01. The molecule has 0 aliphatic carbocycles. The number of halogens is 1. The van der Waals surface area contributed by atoms with Crippen LogP contribution >= 0.6 is 11.6 Å². The van der Waals surface area contributed by atoms with Crippen LogP contribution in [0.4, 0.5) is 11.4 Å². The number of rotatable bonds is 4. The third-order valence-corrected chi connectivity index (χ3v) is 9.06. The van der Waals surface area contributed by atoms with Gasteiger partial charge in [-0.1, -0.05) is 83.4 Å². The van der Waals surface area contributed by atoms with Crippen molar-refractivity contribution in [1.82, 2.24) is 0 Å². The fourth-order valence-electron chi connectivity index (χ4n) is 6.98. The van der Waals surface area contributed by atoms with Crippen LogP contribution in [0.5, 0.6) is 0 Å². The van der Waals surface area contributed by atoms with E-state index in [1.807, 2.05) is 79.4 Å². The van der Waals surface area contributed by atoms with E-state index in [1.165, 1.54) is 0 Å². The van der Waals surface area contributed by atoms with Gasteiger partial charge in [0.05, 0.1) is 12.0 Å². The van der Waals surface area contributed by atoms with Gasteiger partial charge < -0.3 is 10.2 Å². The first-order chi connectivity index (χ1) is 19.8. The maximum Gasteiger partial charge on any atom is 0.238 e. The number of benzene rings is 4. The quantitative estimate of drug-likeness (QED) is 0.279. The highest BCUT2D eigenvalue weighted by atomic mass is 35.5. The highest BCUT2D eigenvalue weighted by Gasteiger charge is 2.70. The van der Waals surface area contributed by atoms with Crippen molar-refractivity contribution in [2.24, 2.45) is 5.92 Å². The van der Waals surface area contributed by atoms with Crippen LogP contribution in [-0.2, 0) is 10.2 Å². The van der Waals surface area contributed by atoms with Gasteiger partial charge in [-0.3, -0.25) is 14.4 Å². The number of carbonyl (C=O) groups is 3. The Morgan fingerprint density at radius 2 is 1.49 bits per heavy atom. The van der Waals surface area contributed by atoms with Crippen molar-refractivity contribution in [3.63, 3.8) is 0 Å². The lowest BCUT2D eigenvalue weighted by molar-refractivity contribution is -0.121.